The fraction of sp³-hybridized carbons (Fsp3) is 0.545. The van der Waals surface area contributed by atoms with E-state index in [4.69, 9.17) is 6.42 Å². The molecule has 1 aromatic heterocycles. The maximum atomic E-state index is 5.16. The highest BCUT2D eigenvalue weighted by atomic mass is 15.1. The molecule has 0 unspecified atom stereocenters. The lowest BCUT2D eigenvalue weighted by atomic mass is 10.2. The van der Waals surface area contributed by atoms with Crippen molar-refractivity contribution >= 4 is 0 Å². The van der Waals surface area contributed by atoms with Gasteiger partial charge in [-0.2, -0.15) is 0 Å². The third-order valence-electron chi connectivity index (χ3n) is 2.13. The summed E-state index contributed by atoms with van der Waals surface area (Å²) < 4.78 is 2.02. The molecule has 0 aliphatic carbocycles. The van der Waals surface area contributed by atoms with Crippen LogP contribution in [0.2, 0.25) is 0 Å². The Morgan fingerprint density at radius 2 is 2.43 bits per heavy atom. The van der Waals surface area contributed by atoms with Crippen molar-refractivity contribution in [3.63, 3.8) is 0 Å². The first-order chi connectivity index (χ1) is 6.84. The maximum absolute atomic E-state index is 5.16. The van der Waals surface area contributed by atoms with Crippen LogP contribution in [0.25, 0.3) is 0 Å². The van der Waals surface area contributed by atoms with E-state index in [1.165, 1.54) is 0 Å². The van der Waals surface area contributed by atoms with Gasteiger partial charge in [-0.1, -0.05) is 0 Å². The lowest BCUT2D eigenvalue weighted by Crippen LogP contribution is -2.17. The lowest BCUT2D eigenvalue weighted by Gasteiger charge is -2.03. The zero-order valence-electron chi connectivity index (χ0n) is 8.66. The Kier molecular flexibility index (Phi) is 4.81. The fourth-order valence-corrected chi connectivity index (χ4v) is 1.24. The van der Waals surface area contributed by atoms with Crippen molar-refractivity contribution in [1.29, 1.82) is 0 Å². The van der Waals surface area contributed by atoms with Crippen molar-refractivity contribution in [3.8, 4) is 12.3 Å². The molecule has 76 valence electrons. The molecular formula is C11H17N3. The van der Waals surface area contributed by atoms with Gasteiger partial charge in [0.05, 0.1) is 6.54 Å². The molecule has 0 saturated heterocycles. The van der Waals surface area contributed by atoms with E-state index in [0.29, 0.717) is 0 Å². The molecule has 0 saturated carbocycles. The molecule has 0 bridgehead atoms. The molecule has 0 aliphatic rings. The highest BCUT2D eigenvalue weighted by Gasteiger charge is 1.96. The van der Waals surface area contributed by atoms with E-state index < -0.39 is 0 Å². The number of aromatic nitrogens is 2. The molecule has 1 rings (SSSR count). The number of hydrogen-bond acceptors (Lipinski definition) is 2. The van der Waals surface area contributed by atoms with Crippen LogP contribution in [-0.2, 0) is 13.6 Å². The second-order valence-corrected chi connectivity index (χ2v) is 3.29. The molecule has 0 amide bonds. The molecule has 0 radical (unpaired) electrons. The van der Waals surface area contributed by atoms with Gasteiger partial charge in [0.2, 0.25) is 0 Å². The summed E-state index contributed by atoms with van der Waals surface area (Å²) in [5.74, 6) is 3.71. The molecule has 1 aromatic rings. The first kappa shape index (κ1) is 10.8. The number of nitrogens with zero attached hydrogens (tertiary/aromatic N) is 2. The Hall–Kier alpha value is -1.27. The SMILES string of the molecule is C#CCCCCNCc1nccn1C. The predicted molar refractivity (Wildman–Crippen MR) is 57.6 cm³/mol. The highest BCUT2D eigenvalue weighted by molar-refractivity contribution is 4.90. The van der Waals surface area contributed by atoms with E-state index in [9.17, 15) is 0 Å². The number of imidazole rings is 1. The van der Waals surface area contributed by atoms with E-state index in [1.54, 1.807) is 0 Å². The summed E-state index contributed by atoms with van der Waals surface area (Å²) >= 11 is 0. The zero-order chi connectivity index (χ0) is 10.2. The van der Waals surface area contributed by atoms with Gasteiger partial charge in [-0.15, -0.1) is 12.3 Å². The van der Waals surface area contributed by atoms with Gasteiger partial charge in [0, 0.05) is 25.9 Å². The Morgan fingerprint density at radius 1 is 1.57 bits per heavy atom. The normalized spacial score (nSPS) is 10.0. The largest absolute Gasteiger partial charge is 0.337 e. The molecule has 14 heavy (non-hydrogen) atoms. The minimum absolute atomic E-state index is 0.833. The fourth-order valence-electron chi connectivity index (χ4n) is 1.24. The molecule has 0 fully saturated rings. The van der Waals surface area contributed by atoms with E-state index in [1.807, 2.05) is 24.0 Å². The molecule has 3 nitrogen and oxygen atoms in total. The van der Waals surface area contributed by atoms with Crippen LogP contribution in [0.15, 0.2) is 12.4 Å². The smallest absolute Gasteiger partial charge is 0.122 e. The van der Waals surface area contributed by atoms with E-state index in [2.05, 4.69) is 16.2 Å². The van der Waals surface area contributed by atoms with Crippen LogP contribution in [0.4, 0.5) is 0 Å². The van der Waals surface area contributed by atoms with Crippen molar-refractivity contribution in [2.24, 2.45) is 7.05 Å². The summed E-state index contributed by atoms with van der Waals surface area (Å²) in [6, 6.07) is 0. The third-order valence-corrected chi connectivity index (χ3v) is 2.13. The third kappa shape index (κ3) is 3.63. The van der Waals surface area contributed by atoms with Crippen molar-refractivity contribution in [2.75, 3.05) is 6.54 Å². The van der Waals surface area contributed by atoms with Gasteiger partial charge in [-0.25, -0.2) is 4.98 Å². The second-order valence-electron chi connectivity index (χ2n) is 3.29. The molecule has 1 N–H and O–H groups in total. The van der Waals surface area contributed by atoms with Crippen molar-refractivity contribution < 1.29 is 0 Å². The van der Waals surface area contributed by atoms with Gasteiger partial charge in [-0.3, -0.25) is 0 Å². The average molecular weight is 191 g/mol. The van der Waals surface area contributed by atoms with Gasteiger partial charge in [0.25, 0.3) is 0 Å². The van der Waals surface area contributed by atoms with E-state index >= 15 is 0 Å². The Bertz CT molecular complexity index is 296. The maximum Gasteiger partial charge on any atom is 0.122 e. The van der Waals surface area contributed by atoms with Crippen LogP contribution in [0.3, 0.4) is 0 Å². The standard InChI is InChI=1S/C11H17N3/c1-3-4-5-6-7-12-10-11-13-8-9-14(11)2/h1,8-9,12H,4-7,10H2,2H3. The summed E-state index contributed by atoms with van der Waals surface area (Å²) in [4.78, 5) is 4.22. The van der Waals surface area contributed by atoms with Crippen LogP contribution in [0.1, 0.15) is 25.1 Å². The Balaban J connectivity index is 2.05. The quantitative estimate of drug-likeness (QED) is 0.543. The minimum atomic E-state index is 0.833. The topological polar surface area (TPSA) is 29.9 Å². The molecule has 3 heteroatoms. The van der Waals surface area contributed by atoms with Gasteiger partial charge in [0.1, 0.15) is 5.82 Å². The van der Waals surface area contributed by atoms with Gasteiger partial charge < -0.3 is 9.88 Å². The number of terminal acetylenes is 1. The molecule has 0 aliphatic heterocycles. The summed E-state index contributed by atoms with van der Waals surface area (Å²) in [6.07, 6.45) is 12.0. The van der Waals surface area contributed by atoms with Crippen molar-refractivity contribution in [1.82, 2.24) is 14.9 Å². The van der Waals surface area contributed by atoms with Crippen molar-refractivity contribution in [3.05, 3.63) is 18.2 Å². The highest BCUT2D eigenvalue weighted by Crippen LogP contribution is 1.95. The molecule has 0 spiro atoms. The zero-order valence-corrected chi connectivity index (χ0v) is 8.66. The summed E-state index contributed by atoms with van der Waals surface area (Å²) in [5, 5.41) is 3.34. The van der Waals surface area contributed by atoms with Gasteiger partial charge >= 0.3 is 0 Å². The first-order valence-electron chi connectivity index (χ1n) is 4.95. The summed E-state index contributed by atoms with van der Waals surface area (Å²) in [7, 11) is 2.00. The van der Waals surface area contributed by atoms with Crippen LogP contribution in [-0.4, -0.2) is 16.1 Å². The number of hydrogen-bond donors (Lipinski definition) is 1. The molecule has 0 aromatic carbocycles. The monoisotopic (exact) mass is 191 g/mol. The minimum Gasteiger partial charge on any atom is -0.337 e. The van der Waals surface area contributed by atoms with Crippen LogP contribution in [0, 0.1) is 12.3 Å². The van der Waals surface area contributed by atoms with Crippen LogP contribution in [0.5, 0.6) is 0 Å². The Morgan fingerprint density at radius 3 is 3.07 bits per heavy atom. The van der Waals surface area contributed by atoms with Crippen LogP contribution < -0.4 is 5.32 Å². The second kappa shape index (κ2) is 6.22. The summed E-state index contributed by atoms with van der Waals surface area (Å²) in [5.41, 5.74) is 0. The first-order valence-corrected chi connectivity index (χ1v) is 4.95. The van der Waals surface area contributed by atoms with E-state index in [0.717, 1.165) is 38.2 Å². The lowest BCUT2D eigenvalue weighted by molar-refractivity contribution is 0.601. The number of nitrogens with one attached hydrogen (secondary N) is 1. The number of unbranched alkanes of at least 4 members (excludes halogenated alkanes) is 2. The van der Waals surface area contributed by atoms with Gasteiger partial charge in [0.15, 0.2) is 0 Å². The average Bonchev–Trinajstić information content (AvgIpc) is 2.58. The van der Waals surface area contributed by atoms with Crippen molar-refractivity contribution in [2.45, 2.75) is 25.8 Å². The van der Waals surface area contributed by atoms with E-state index in [-0.39, 0.29) is 0 Å². The number of aryl methyl sites for hydroxylation is 1. The Labute approximate surface area is 85.5 Å². The molecular weight excluding hydrogens is 174 g/mol. The molecule has 1 heterocycles. The predicted octanol–water partition coefficient (Wildman–Crippen LogP) is 1.31. The van der Waals surface area contributed by atoms with Crippen LogP contribution >= 0.6 is 0 Å². The number of rotatable bonds is 6. The molecule has 0 atom stereocenters. The van der Waals surface area contributed by atoms with Gasteiger partial charge in [-0.05, 0) is 19.4 Å². The summed E-state index contributed by atoms with van der Waals surface area (Å²) in [6.45, 7) is 1.84.